The maximum atomic E-state index is 13.2. The van der Waals surface area contributed by atoms with E-state index in [2.05, 4.69) is 0 Å². The molecule has 3 N–H and O–H groups in total. The largest absolute Gasteiger partial charge is 0.496 e. The summed E-state index contributed by atoms with van der Waals surface area (Å²) in [5.41, 5.74) is 4.67. The smallest absolute Gasteiger partial charge is 0.320 e. The molecular weight excluding hydrogens is 251 g/mol. The van der Waals surface area contributed by atoms with E-state index in [0.29, 0.717) is 6.07 Å². The Morgan fingerprint density at radius 1 is 1.50 bits per heavy atom. The average Bonchev–Trinajstić information content (AvgIpc) is 2.27. The van der Waals surface area contributed by atoms with Crippen LogP contribution in [-0.2, 0) is 11.2 Å². The number of carboxylic acids is 1. The van der Waals surface area contributed by atoms with Crippen molar-refractivity contribution in [2.24, 2.45) is 5.73 Å². The summed E-state index contributed by atoms with van der Waals surface area (Å²) < 4.78 is 43.3. The molecule has 18 heavy (non-hydrogen) atoms. The molecule has 1 aromatic rings. The van der Waals surface area contributed by atoms with Crippen molar-refractivity contribution in [2.45, 2.75) is 18.9 Å². The molecule has 0 aliphatic rings. The van der Waals surface area contributed by atoms with Gasteiger partial charge in [0.1, 0.15) is 17.6 Å². The second kappa shape index (κ2) is 5.72. The molecule has 0 radical (unpaired) electrons. The Morgan fingerprint density at radius 3 is 2.56 bits per heavy atom. The van der Waals surface area contributed by atoms with E-state index in [1.54, 1.807) is 0 Å². The van der Waals surface area contributed by atoms with Crippen LogP contribution in [0, 0.1) is 5.82 Å². The molecule has 100 valence electrons. The highest BCUT2D eigenvalue weighted by Gasteiger charge is 2.22. The van der Waals surface area contributed by atoms with Crippen molar-refractivity contribution < 1.29 is 27.8 Å². The highest BCUT2D eigenvalue weighted by Crippen LogP contribution is 2.33. The van der Waals surface area contributed by atoms with Gasteiger partial charge in [-0.05, 0) is 17.7 Å². The monoisotopic (exact) mass is 263 g/mol. The first kappa shape index (κ1) is 14.3. The molecule has 1 unspecified atom stereocenters. The van der Waals surface area contributed by atoms with E-state index < -0.39 is 29.8 Å². The van der Waals surface area contributed by atoms with Crippen LogP contribution in [-0.4, -0.2) is 24.2 Å². The summed E-state index contributed by atoms with van der Waals surface area (Å²) in [7, 11) is 1.15. The lowest BCUT2D eigenvalue weighted by molar-refractivity contribution is -0.138. The van der Waals surface area contributed by atoms with Gasteiger partial charge in [-0.2, -0.15) is 0 Å². The average molecular weight is 263 g/mol. The minimum atomic E-state index is -2.92. The summed E-state index contributed by atoms with van der Waals surface area (Å²) >= 11 is 0. The standard InChI is InChI=1S/C11H12F3NO3/c1-18-9-5(3-8(15)11(16)17)2-6(12)4-7(9)10(13)14/h2,4,8,10H,3,15H2,1H3,(H,16,17). The van der Waals surface area contributed by atoms with Gasteiger partial charge in [0.05, 0.1) is 12.7 Å². The third-order valence-corrected chi connectivity index (χ3v) is 2.36. The fraction of sp³-hybridized carbons (Fsp3) is 0.364. The number of hydrogen-bond acceptors (Lipinski definition) is 3. The van der Waals surface area contributed by atoms with Gasteiger partial charge in [0.15, 0.2) is 0 Å². The second-order valence-corrected chi connectivity index (χ2v) is 3.64. The van der Waals surface area contributed by atoms with E-state index in [4.69, 9.17) is 15.6 Å². The van der Waals surface area contributed by atoms with E-state index in [1.165, 1.54) is 0 Å². The summed E-state index contributed by atoms with van der Waals surface area (Å²) in [6.07, 6.45) is -3.22. The Balaban J connectivity index is 3.21. The number of halogens is 3. The minimum Gasteiger partial charge on any atom is -0.496 e. The van der Waals surface area contributed by atoms with E-state index in [9.17, 15) is 18.0 Å². The summed E-state index contributed by atoms with van der Waals surface area (Å²) in [5, 5.41) is 8.65. The van der Waals surface area contributed by atoms with Crippen molar-refractivity contribution in [3.63, 3.8) is 0 Å². The molecule has 0 heterocycles. The Labute approximate surface area is 101 Å². The zero-order chi connectivity index (χ0) is 13.9. The molecule has 0 aliphatic carbocycles. The van der Waals surface area contributed by atoms with Crippen LogP contribution in [0.1, 0.15) is 17.6 Å². The fourth-order valence-electron chi connectivity index (χ4n) is 1.56. The number of carboxylic acid groups (broad SMARTS) is 1. The molecule has 0 spiro atoms. The lowest BCUT2D eigenvalue weighted by Gasteiger charge is -2.15. The first-order valence-electron chi connectivity index (χ1n) is 4.99. The number of ether oxygens (including phenoxy) is 1. The van der Waals surface area contributed by atoms with Gasteiger partial charge in [0.25, 0.3) is 6.43 Å². The van der Waals surface area contributed by atoms with Crippen LogP contribution in [0.25, 0.3) is 0 Å². The van der Waals surface area contributed by atoms with E-state index in [0.717, 1.165) is 13.2 Å². The summed E-state index contributed by atoms with van der Waals surface area (Å²) in [6.45, 7) is 0. The van der Waals surface area contributed by atoms with Gasteiger partial charge >= 0.3 is 5.97 Å². The summed E-state index contributed by atoms with van der Waals surface area (Å²) in [4.78, 5) is 10.6. The third kappa shape index (κ3) is 3.13. The second-order valence-electron chi connectivity index (χ2n) is 3.64. The molecule has 0 aromatic heterocycles. The number of aliphatic carboxylic acids is 1. The third-order valence-electron chi connectivity index (χ3n) is 2.36. The predicted molar refractivity (Wildman–Crippen MR) is 57.2 cm³/mol. The van der Waals surface area contributed by atoms with Crippen LogP contribution >= 0.6 is 0 Å². The van der Waals surface area contributed by atoms with Gasteiger partial charge in [-0.25, -0.2) is 13.2 Å². The molecule has 1 aromatic carbocycles. The predicted octanol–water partition coefficient (Wildman–Crippen LogP) is 1.73. The zero-order valence-corrected chi connectivity index (χ0v) is 9.49. The summed E-state index contributed by atoms with van der Waals surface area (Å²) in [5.74, 6) is -2.43. The molecule has 1 atom stereocenters. The van der Waals surface area contributed by atoms with Gasteiger partial charge in [-0.15, -0.1) is 0 Å². The van der Waals surface area contributed by atoms with Gasteiger partial charge in [-0.3, -0.25) is 4.79 Å². The normalized spacial score (nSPS) is 12.6. The molecule has 7 heteroatoms. The molecule has 0 aliphatic heterocycles. The number of hydrogen-bond donors (Lipinski definition) is 2. The van der Waals surface area contributed by atoms with Crippen LogP contribution in [0.4, 0.5) is 13.2 Å². The SMILES string of the molecule is COc1c(CC(N)C(=O)O)cc(F)cc1C(F)F. The number of carbonyl (C=O) groups is 1. The number of benzene rings is 1. The van der Waals surface area contributed by atoms with E-state index >= 15 is 0 Å². The van der Waals surface area contributed by atoms with E-state index in [1.807, 2.05) is 0 Å². The highest BCUT2D eigenvalue weighted by molar-refractivity contribution is 5.73. The van der Waals surface area contributed by atoms with Crippen LogP contribution in [0.15, 0.2) is 12.1 Å². The summed E-state index contributed by atoms with van der Waals surface area (Å²) in [6, 6.07) is 0.276. The van der Waals surface area contributed by atoms with Gasteiger partial charge in [0.2, 0.25) is 0 Å². The van der Waals surface area contributed by atoms with Gasteiger partial charge in [0, 0.05) is 6.42 Å². The topological polar surface area (TPSA) is 72.5 Å². The van der Waals surface area contributed by atoms with Crippen LogP contribution in [0.3, 0.4) is 0 Å². The molecule has 0 amide bonds. The molecule has 1 rings (SSSR count). The van der Waals surface area contributed by atoms with Crippen molar-refractivity contribution in [3.05, 3.63) is 29.1 Å². The van der Waals surface area contributed by atoms with Crippen molar-refractivity contribution in [1.29, 1.82) is 0 Å². The first-order valence-corrected chi connectivity index (χ1v) is 4.99. The van der Waals surface area contributed by atoms with Crippen LogP contribution in [0.5, 0.6) is 5.75 Å². The van der Waals surface area contributed by atoms with Crippen LogP contribution in [0.2, 0.25) is 0 Å². The Bertz CT molecular complexity index is 451. The molecule has 4 nitrogen and oxygen atoms in total. The van der Waals surface area contributed by atoms with Crippen molar-refractivity contribution in [2.75, 3.05) is 7.11 Å². The van der Waals surface area contributed by atoms with Crippen LogP contribution < -0.4 is 10.5 Å². The number of rotatable bonds is 5. The zero-order valence-electron chi connectivity index (χ0n) is 9.49. The first-order chi connectivity index (χ1) is 8.36. The lowest BCUT2D eigenvalue weighted by Crippen LogP contribution is -2.32. The van der Waals surface area contributed by atoms with Gasteiger partial charge < -0.3 is 15.6 Å². The Kier molecular flexibility index (Phi) is 4.55. The number of alkyl halides is 2. The molecule has 0 saturated heterocycles. The molecule has 0 bridgehead atoms. The fourth-order valence-corrected chi connectivity index (χ4v) is 1.56. The van der Waals surface area contributed by atoms with E-state index in [-0.39, 0.29) is 17.7 Å². The van der Waals surface area contributed by atoms with Crippen molar-refractivity contribution in [1.82, 2.24) is 0 Å². The lowest BCUT2D eigenvalue weighted by atomic mass is 10.0. The maximum absolute atomic E-state index is 13.2. The Morgan fingerprint density at radius 2 is 2.11 bits per heavy atom. The maximum Gasteiger partial charge on any atom is 0.320 e. The van der Waals surface area contributed by atoms with Crippen molar-refractivity contribution >= 4 is 5.97 Å². The number of nitrogens with two attached hydrogens (primary N) is 1. The van der Waals surface area contributed by atoms with Gasteiger partial charge in [-0.1, -0.05) is 0 Å². The Hall–Kier alpha value is -1.76. The quantitative estimate of drug-likeness (QED) is 0.848. The molecular formula is C11H12F3NO3. The number of methoxy groups -OCH3 is 1. The molecule has 0 saturated carbocycles. The minimum absolute atomic E-state index is 0.00250. The molecule has 0 fully saturated rings. The van der Waals surface area contributed by atoms with Crippen molar-refractivity contribution in [3.8, 4) is 5.75 Å². The highest BCUT2D eigenvalue weighted by atomic mass is 19.3.